The first-order chi connectivity index (χ1) is 9.92. The summed E-state index contributed by atoms with van der Waals surface area (Å²) in [7, 11) is 0. The van der Waals surface area contributed by atoms with Gasteiger partial charge in [0.05, 0.1) is 0 Å². The second kappa shape index (κ2) is 6.61. The van der Waals surface area contributed by atoms with E-state index in [0.29, 0.717) is 5.92 Å². The topological polar surface area (TPSA) is 55.6 Å². The molecule has 1 aliphatic heterocycles. The minimum atomic E-state index is 0.704. The Morgan fingerprint density at radius 2 is 1.90 bits per heavy atom. The fourth-order valence-electron chi connectivity index (χ4n) is 2.75. The normalized spacial score (nSPS) is 16.4. The second-order valence-corrected chi connectivity index (χ2v) is 5.46. The van der Waals surface area contributed by atoms with E-state index in [1.807, 2.05) is 10.7 Å². The third-order valence-electron chi connectivity index (χ3n) is 3.98. The molecule has 1 fully saturated rings. The number of piperidine rings is 1. The Kier molecular flexibility index (Phi) is 4.38. The van der Waals surface area contributed by atoms with Crippen molar-refractivity contribution in [2.45, 2.75) is 32.2 Å². The lowest BCUT2D eigenvalue weighted by Crippen LogP contribution is -2.30. The largest absolute Gasteiger partial charge is 0.317 e. The zero-order valence-electron chi connectivity index (χ0n) is 11.7. The van der Waals surface area contributed by atoms with Gasteiger partial charge in [0.15, 0.2) is 5.82 Å². The van der Waals surface area contributed by atoms with E-state index in [4.69, 9.17) is 0 Å². The molecule has 0 atom stereocenters. The van der Waals surface area contributed by atoms with Crippen LogP contribution in [0, 0.1) is 5.92 Å². The van der Waals surface area contributed by atoms with Crippen molar-refractivity contribution in [3.63, 3.8) is 0 Å². The number of rotatable bonds is 5. The van der Waals surface area contributed by atoms with Gasteiger partial charge in [-0.3, -0.25) is 0 Å². The molecule has 1 saturated heterocycles. The predicted octanol–water partition coefficient (Wildman–Crippen LogP) is 1.46. The third kappa shape index (κ3) is 3.42. The quantitative estimate of drug-likeness (QED) is 0.894. The Morgan fingerprint density at radius 3 is 2.70 bits per heavy atom. The van der Waals surface area contributed by atoms with Crippen molar-refractivity contribution in [1.82, 2.24) is 25.5 Å². The molecule has 0 unspecified atom stereocenters. The zero-order chi connectivity index (χ0) is 13.6. The highest BCUT2D eigenvalue weighted by molar-refractivity contribution is 5.15. The molecule has 3 rings (SSSR count). The summed E-state index contributed by atoms with van der Waals surface area (Å²) in [6.45, 7) is 3.19. The summed E-state index contributed by atoms with van der Waals surface area (Å²) in [6, 6.07) is 10.5. The number of benzene rings is 1. The fourth-order valence-corrected chi connectivity index (χ4v) is 2.75. The molecule has 2 aromatic rings. The number of hydrogen-bond acceptors (Lipinski definition) is 4. The van der Waals surface area contributed by atoms with Gasteiger partial charge in [-0.15, -0.1) is 5.10 Å². The standard InChI is InChI=1S/C15H21N5/c1-2-4-13(5-3-1)6-7-15-17-18-19-20(15)12-14-8-10-16-11-9-14/h1-5,14,16H,6-12H2. The molecule has 0 amide bonds. The van der Waals surface area contributed by atoms with Crippen molar-refractivity contribution in [3.05, 3.63) is 41.7 Å². The highest BCUT2D eigenvalue weighted by Gasteiger charge is 2.16. The van der Waals surface area contributed by atoms with Crippen LogP contribution in [-0.2, 0) is 19.4 Å². The van der Waals surface area contributed by atoms with Crippen LogP contribution < -0.4 is 5.32 Å². The Labute approximate surface area is 119 Å². The molecular weight excluding hydrogens is 250 g/mol. The van der Waals surface area contributed by atoms with Gasteiger partial charge in [-0.1, -0.05) is 30.3 Å². The van der Waals surface area contributed by atoms with E-state index < -0.39 is 0 Å². The molecule has 0 bridgehead atoms. The van der Waals surface area contributed by atoms with Crippen LogP contribution in [0.2, 0.25) is 0 Å². The first-order valence-corrected chi connectivity index (χ1v) is 7.41. The molecule has 0 saturated carbocycles. The summed E-state index contributed by atoms with van der Waals surface area (Å²) < 4.78 is 2.00. The Hall–Kier alpha value is -1.75. The lowest BCUT2D eigenvalue weighted by Gasteiger charge is -2.22. The third-order valence-corrected chi connectivity index (χ3v) is 3.98. The number of nitrogens with one attached hydrogen (secondary N) is 1. The molecule has 0 radical (unpaired) electrons. The molecule has 0 spiro atoms. The Morgan fingerprint density at radius 1 is 1.10 bits per heavy atom. The van der Waals surface area contributed by atoms with Crippen molar-refractivity contribution in [2.75, 3.05) is 13.1 Å². The minimum Gasteiger partial charge on any atom is -0.317 e. The lowest BCUT2D eigenvalue weighted by molar-refractivity contribution is 0.314. The predicted molar refractivity (Wildman–Crippen MR) is 77.3 cm³/mol. The van der Waals surface area contributed by atoms with E-state index in [-0.39, 0.29) is 0 Å². The van der Waals surface area contributed by atoms with Crippen LogP contribution in [-0.4, -0.2) is 33.3 Å². The maximum atomic E-state index is 4.18. The van der Waals surface area contributed by atoms with Gasteiger partial charge >= 0.3 is 0 Å². The van der Waals surface area contributed by atoms with Gasteiger partial charge in [0.25, 0.3) is 0 Å². The molecule has 2 heterocycles. The maximum Gasteiger partial charge on any atom is 0.151 e. The van der Waals surface area contributed by atoms with Crippen LogP contribution in [0.1, 0.15) is 24.2 Å². The second-order valence-electron chi connectivity index (χ2n) is 5.46. The van der Waals surface area contributed by atoms with Gasteiger partial charge in [0.1, 0.15) is 0 Å². The van der Waals surface area contributed by atoms with Crippen molar-refractivity contribution in [2.24, 2.45) is 5.92 Å². The Balaban J connectivity index is 1.58. The lowest BCUT2D eigenvalue weighted by atomic mass is 9.98. The summed E-state index contributed by atoms with van der Waals surface area (Å²) in [4.78, 5) is 0. The average molecular weight is 271 g/mol. The van der Waals surface area contributed by atoms with E-state index in [1.54, 1.807) is 0 Å². The molecule has 5 heteroatoms. The van der Waals surface area contributed by atoms with Gasteiger partial charge < -0.3 is 5.32 Å². The SMILES string of the molecule is c1ccc(CCc2nnnn2CC2CCNCC2)cc1. The zero-order valence-corrected chi connectivity index (χ0v) is 11.7. The minimum absolute atomic E-state index is 0.704. The molecule has 1 aromatic carbocycles. The first-order valence-electron chi connectivity index (χ1n) is 7.41. The smallest absolute Gasteiger partial charge is 0.151 e. The molecule has 0 aliphatic carbocycles. The van der Waals surface area contributed by atoms with Gasteiger partial charge in [-0.25, -0.2) is 4.68 Å². The fraction of sp³-hybridized carbons (Fsp3) is 0.533. The number of hydrogen-bond donors (Lipinski definition) is 1. The van der Waals surface area contributed by atoms with Crippen LogP contribution in [0.3, 0.4) is 0 Å². The van der Waals surface area contributed by atoms with Crippen molar-refractivity contribution < 1.29 is 0 Å². The maximum absolute atomic E-state index is 4.18. The van der Waals surface area contributed by atoms with Crippen molar-refractivity contribution in [3.8, 4) is 0 Å². The van der Waals surface area contributed by atoms with Gasteiger partial charge in [0.2, 0.25) is 0 Å². The summed E-state index contributed by atoms with van der Waals surface area (Å²) >= 11 is 0. The summed E-state index contributed by atoms with van der Waals surface area (Å²) in [5.41, 5.74) is 1.34. The van der Waals surface area contributed by atoms with Crippen LogP contribution in [0.15, 0.2) is 30.3 Å². The van der Waals surface area contributed by atoms with Crippen molar-refractivity contribution in [1.29, 1.82) is 0 Å². The summed E-state index contributed by atoms with van der Waals surface area (Å²) in [6.07, 6.45) is 4.34. The number of nitrogens with zero attached hydrogens (tertiary/aromatic N) is 4. The number of aromatic nitrogens is 4. The molecule has 20 heavy (non-hydrogen) atoms. The van der Waals surface area contributed by atoms with Crippen LogP contribution in [0.4, 0.5) is 0 Å². The molecule has 1 N–H and O–H groups in total. The summed E-state index contributed by atoms with van der Waals surface area (Å²) in [5, 5.41) is 15.6. The van der Waals surface area contributed by atoms with Crippen molar-refractivity contribution >= 4 is 0 Å². The van der Waals surface area contributed by atoms with E-state index in [0.717, 1.165) is 38.3 Å². The van der Waals surface area contributed by atoms with Crippen LogP contribution >= 0.6 is 0 Å². The monoisotopic (exact) mass is 271 g/mol. The van der Waals surface area contributed by atoms with E-state index in [1.165, 1.54) is 18.4 Å². The van der Waals surface area contributed by atoms with E-state index in [2.05, 4.69) is 45.1 Å². The number of aryl methyl sites for hydroxylation is 2. The first kappa shape index (κ1) is 13.2. The van der Waals surface area contributed by atoms with E-state index >= 15 is 0 Å². The average Bonchev–Trinajstić information content (AvgIpc) is 2.94. The highest BCUT2D eigenvalue weighted by atomic mass is 15.5. The van der Waals surface area contributed by atoms with Gasteiger partial charge in [-0.05, 0) is 54.3 Å². The van der Waals surface area contributed by atoms with Gasteiger partial charge in [-0.2, -0.15) is 0 Å². The molecular formula is C15H21N5. The van der Waals surface area contributed by atoms with E-state index in [9.17, 15) is 0 Å². The Bertz CT molecular complexity index is 516. The molecule has 5 nitrogen and oxygen atoms in total. The van der Waals surface area contributed by atoms with Gasteiger partial charge in [0, 0.05) is 13.0 Å². The summed E-state index contributed by atoms with van der Waals surface area (Å²) in [5.74, 6) is 1.71. The molecule has 1 aliphatic rings. The molecule has 1 aromatic heterocycles. The highest BCUT2D eigenvalue weighted by Crippen LogP contribution is 2.14. The van der Waals surface area contributed by atoms with Crippen LogP contribution in [0.5, 0.6) is 0 Å². The molecule has 106 valence electrons. The number of tetrazole rings is 1. The van der Waals surface area contributed by atoms with Crippen LogP contribution in [0.25, 0.3) is 0 Å².